The number of nitrogens with zero attached hydrogens (tertiary/aromatic N) is 2. The van der Waals surface area contributed by atoms with Gasteiger partial charge in [0.05, 0.1) is 22.9 Å². The van der Waals surface area contributed by atoms with Crippen LogP contribution in [0.2, 0.25) is 0 Å². The molecule has 0 aromatic heterocycles. The second-order valence-corrected chi connectivity index (χ2v) is 11.2. The lowest BCUT2D eigenvalue weighted by Gasteiger charge is -2.27. The number of benzene rings is 2. The van der Waals surface area contributed by atoms with Gasteiger partial charge < -0.3 is 10.2 Å². The predicted molar refractivity (Wildman–Crippen MR) is 123 cm³/mol. The Labute approximate surface area is 189 Å². The maximum absolute atomic E-state index is 13.2. The van der Waals surface area contributed by atoms with E-state index in [0.717, 1.165) is 29.1 Å². The van der Waals surface area contributed by atoms with Crippen molar-refractivity contribution in [2.45, 2.75) is 49.5 Å². The van der Waals surface area contributed by atoms with Crippen LogP contribution >= 0.6 is 0 Å². The van der Waals surface area contributed by atoms with Gasteiger partial charge in [-0.1, -0.05) is 24.3 Å². The topological polar surface area (TPSA) is 86.8 Å². The summed E-state index contributed by atoms with van der Waals surface area (Å²) in [5.74, 6) is -0.420. The summed E-state index contributed by atoms with van der Waals surface area (Å²) in [6, 6.07) is 12.6. The zero-order valence-electron chi connectivity index (χ0n) is 18.9. The van der Waals surface area contributed by atoms with E-state index in [4.69, 9.17) is 0 Å². The van der Waals surface area contributed by atoms with E-state index in [1.54, 1.807) is 37.9 Å². The van der Waals surface area contributed by atoms with E-state index in [0.29, 0.717) is 11.3 Å². The van der Waals surface area contributed by atoms with Crippen molar-refractivity contribution in [1.82, 2.24) is 9.62 Å². The maximum atomic E-state index is 13.2. The van der Waals surface area contributed by atoms with Gasteiger partial charge in [-0.15, -0.1) is 0 Å². The molecule has 1 atom stereocenters. The molecule has 0 spiro atoms. The number of likely N-dealkylation sites (N-methyl/N-ethyl adjacent to an activating group) is 2. The normalized spacial score (nSPS) is 19.6. The highest BCUT2D eigenvalue weighted by atomic mass is 32.2. The Balaban J connectivity index is 1.51. The summed E-state index contributed by atoms with van der Waals surface area (Å²) in [5, 5.41) is 3.00. The molecule has 0 fully saturated rings. The van der Waals surface area contributed by atoms with Crippen LogP contribution in [0.1, 0.15) is 49.4 Å². The Morgan fingerprint density at radius 2 is 1.94 bits per heavy atom. The second-order valence-electron chi connectivity index (χ2n) is 9.14. The van der Waals surface area contributed by atoms with Gasteiger partial charge in [-0.3, -0.25) is 9.59 Å². The van der Waals surface area contributed by atoms with Crippen LogP contribution in [-0.4, -0.2) is 45.2 Å². The van der Waals surface area contributed by atoms with Gasteiger partial charge in [-0.05, 0) is 68.0 Å². The van der Waals surface area contributed by atoms with E-state index < -0.39 is 15.4 Å². The van der Waals surface area contributed by atoms with Gasteiger partial charge in [0.2, 0.25) is 21.8 Å². The minimum Gasteiger partial charge on any atom is -0.348 e. The highest BCUT2D eigenvalue weighted by molar-refractivity contribution is 7.89. The third kappa shape index (κ3) is 3.71. The Morgan fingerprint density at radius 1 is 1.22 bits per heavy atom. The molecule has 1 aliphatic heterocycles. The van der Waals surface area contributed by atoms with Crippen LogP contribution in [0.25, 0.3) is 0 Å². The van der Waals surface area contributed by atoms with Crippen LogP contribution in [0.15, 0.2) is 47.4 Å². The SMILES string of the molecule is CN1C(=O)C(C)(C)c2cc(S(=O)(=O)N(C)CC(=O)NC3CCCc4ccccc43)ccc21. The molecule has 1 heterocycles. The molecule has 2 aromatic rings. The van der Waals surface area contributed by atoms with E-state index in [-0.39, 0.29) is 29.3 Å². The first kappa shape index (κ1) is 22.5. The van der Waals surface area contributed by atoms with Crippen molar-refractivity contribution in [2.24, 2.45) is 0 Å². The number of nitrogens with one attached hydrogen (secondary N) is 1. The van der Waals surface area contributed by atoms with Crippen LogP contribution in [0, 0.1) is 0 Å². The Hall–Kier alpha value is -2.71. The molecule has 0 saturated heterocycles. The molecule has 2 aliphatic rings. The first-order valence-corrected chi connectivity index (χ1v) is 12.2. The van der Waals surface area contributed by atoms with Crippen LogP contribution in [0.4, 0.5) is 5.69 Å². The van der Waals surface area contributed by atoms with Crippen molar-refractivity contribution >= 4 is 27.5 Å². The lowest BCUT2D eigenvalue weighted by molar-refractivity contribution is -0.122. The summed E-state index contributed by atoms with van der Waals surface area (Å²) < 4.78 is 27.4. The number of sulfonamides is 1. The molecule has 0 saturated carbocycles. The Bertz CT molecular complexity index is 1190. The number of fused-ring (bicyclic) bond motifs is 2. The monoisotopic (exact) mass is 455 g/mol. The lowest BCUT2D eigenvalue weighted by atomic mass is 9.86. The number of carbonyl (C=O) groups is 2. The lowest BCUT2D eigenvalue weighted by Crippen LogP contribution is -2.40. The number of anilines is 1. The van der Waals surface area contributed by atoms with Gasteiger partial charge in [-0.2, -0.15) is 4.31 Å². The third-order valence-corrected chi connectivity index (χ3v) is 8.42. The molecule has 1 aliphatic carbocycles. The highest BCUT2D eigenvalue weighted by Crippen LogP contribution is 2.41. The molecule has 7 nitrogen and oxygen atoms in total. The summed E-state index contributed by atoms with van der Waals surface area (Å²) in [4.78, 5) is 26.9. The minimum absolute atomic E-state index is 0.0748. The zero-order chi connectivity index (χ0) is 23.3. The molecule has 32 heavy (non-hydrogen) atoms. The summed E-state index contributed by atoms with van der Waals surface area (Å²) >= 11 is 0. The quantitative estimate of drug-likeness (QED) is 0.751. The fourth-order valence-electron chi connectivity index (χ4n) is 4.72. The van der Waals surface area contributed by atoms with E-state index >= 15 is 0 Å². The second kappa shape index (κ2) is 8.01. The van der Waals surface area contributed by atoms with Crippen molar-refractivity contribution < 1.29 is 18.0 Å². The Kier molecular flexibility index (Phi) is 5.63. The van der Waals surface area contributed by atoms with E-state index in [1.165, 1.54) is 18.7 Å². The zero-order valence-corrected chi connectivity index (χ0v) is 19.7. The average molecular weight is 456 g/mol. The summed E-state index contributed by atoms with van der Waals surface area (Å²) in [5.41, 5.74) is 2.90. The van der Waals surface area contributed by atoms with Crippen LogP contribution in [0.5, 0.6) is 0 Å². The van der Waals surface area contributed by atoms with Crippen molar-refractivity contribution in [3.8, 4) is 0 Å². The van der Waals surface area contributed by atoms with Gasteiger partial charge in [0, 0.05) is 19.8 Å². The van der Waals surface area contributed by atoms with Crippen LogP contribution < -0.4 is 10.2 Å². The van der Waals surface area contributed by atoms with Gasteiger partial charge in [0.15, 0.2) is 0 Å². The number of carbonyl (C=O) groups excluding carboxylic acids is 2. The van der Waals surface area contributed by atoms with Gasteiger partial charge in [-0.25, -0.2) is 8.42 Å². The Morgan fingerprint density at radius 3 is 2.69 bits per heavy atom. The highest BCUT2D eigenvalue weighted by Gasteiger charge is 2.43. The number of hydrogen-bond acceptors (Lipinski definition) is 4. The molecular formula is C24H29N3O4S. The number of rotatable bonds is 5. The van der Waals surface area contributed by atoms with Crippen LogP contribution in [-0.2, 0) is 31.4 Å². The largest absolute Gasteiger partial charge is 0.348 e. The van der Waals surface area contributed by atoms with Crippen molar-refractivity contribution in [2.75, 3.05) is 25.5 Å². The molecule has 2 aromatic carbocycles. The molecule has 2 amide bonds. The maximum Gasteiger partial charge on any atom is 0.243 e. The molecule has 1 unspecified atom stereocenters. The fourth-order valence-corrected chi connectivity index (χ4v) is 5.88. The molecule has 1 N–H and O–H groups in total. The van der Waals surface area contributed by atoms with Gasteiger partial charge in [0.1, 0.15) is 0 Å². The summed E-state index contributed by atoms with van der Waals surface area (Å²) in [6.07, 6.45) is 2.80. The first-order valence-electron chi connectivity index (χ1n) is 10.8. The van der Waals surface area contributed by atoms with E-state index in [2.05, 4.69) is 11.4 Å². The molecule has 8 heteroatoms. The van der Waals surface area contributed by atoms with Crippen LogP contribution in [0.3, 0.4) is 0 Å². The number of aryl methyl sites for hydroxylation is 1. The smallest absolute Gasteiger partial charge is 0.243 e. The molecule has 0 bridgehead atoms. The molecule has 0 radical (unpaired) electrons. The van der Waals surface area contributed by atoms with Crippen molar-refractivity contribution in [3.63, 3.8) is 0 Å². The summed E-state index contributed by atoms with van der Waals surface area (Å²) in [6.45, 7) is 3.29. The number of amides is 2. The molecule has 170 valence electrons. The van der Waals surface area contributed by atoms with Crippen molar-refractivity contribution in [1.29, 1.82) is 0 Å². The van der Waals surface area contributed by atoms with Gasteiger partial charge >= 0.3 is 0 Å². The minimum atomic E-state index is -3.90. The molecule has 4 rings (SSSR count). The van der Waals surface area contributed by atoms with E-state index in [1.807, 2.05) is 18.2 Å². The predicted octanol–water partition coefficient (Wildman–Crippen LogP) is 2.75. The summed E-state index contributed by atoms with van der Waals surface area (Å²) in [7, 11) is -0.813. The average Bonchev–Trinajstić information content (AvgIpc) is 2.94. The van der Waals surface area contributed by atoms with Crippen molar-refractivity contribution in [3.05, 3.63) is 59.2 Å². The fraction of sp³-hybridized carbons (Fsp3) is 0.417. The number of hydrogen-bond donors (Lipinski definition) is 1. The van der Waals surface area contributed by atoms with Gasteiger partial charge in [0.25, 0.3) is 0 Å². The van der Waals surface area contributed by atoms with E-state index in [9.17, 15) is 18.0 Å². The third-order valence-electron chi connectivity index (χ3n) is 6.62. The standard InChI is InChI=1S/C24H29N3O4S/c1-24(2)19-14-17(12-13-21(19)27(4)23(24)29)32(30,31)26(3)15-22(28)25-20-11-7-9-16-8-5-6-10-18(16)20/h5-6,8,10,12-14,20H,7,9,11,15H2,1-4H3,(H,25,28). The first-order chi connectivity index (χ1) is 15.0. The molecular weight excluding hydrogens is 426 g/mol.